The first kappa shape index (κ1) is 24.7. The van der Waals surface area contributed by atoms with Crippen molar-refractivity contribution >= 4 is 17.3 Å². The number of halogens is 5. The lowest BCUT2D eigenvalue weighted by Gasteiger charge is -2.40. The van der Waals surface area contributed by atoms with Gasteiger partial charge in [0.2, 0.25) is 0 Å². The summed E-state index contributed by atoms with van der Waals surface area (Å²) in [6, 6.07) is 6.93. The lowest BCUT2D eigenvalue weighted by molar-refractivity contribution is -0.137. The summed E-state index contributed by atoms with van der Waals surface area (Å²) in [5.41, 5.74) is -0.781. The minimum atomic E-state index is -4.68. The fourth-order valence-corrected chi connectivity index (χ4v) is 3.96. The second-order valence-corrected chi connectivity index (χ2v) is 8.76. The number of pyridine rings is 1. The highest BCUT2D eigenvalue weighted by molar-refractivity contribution is 6.29. The number of anilines is 1. The van der Waals surface area contributed by atoms with Crippen LogP contribution in [0.25, 0.3) is 11.3 Å². The molecule has 1 aromatic carbocycles. The van der Waals surface area contributed by atoms with Crippen LogP contribution in [0.3, 0.4) is 0 Å². The van der Waals surface area contributed by atoms with E-state index in [0.29, 0.717) is 41.4 Å². The molecule has 1 saturated heterocycles. The number of ether oxygens (including phenoxy) is 1. The van der Waals surface area contributed by atoms with E-state index in [1.807, 2.05) is 4.90 Å². The van der Waals surface area contributed by atoms with Crippen LogP contribution >= 0.6 is 11.6 Å². The molecule has 192 valence electrons. The topological polar surface area (TPSA) is 91.0 Å². The molecule has 1 aliphatic heterocycles. The fourth-order valence-electron chi connectivity index (χ4n) is 3.85. The molecule has 14 heteroatoms. The standard InChI is InChI=1S/C23H18ClF4N7O2/c1-33-19(22(31-32-33)17-4-2-13(6-18(17)25)23(26,27)28)12-35-21(36)7-14(8-30-35)34-10-16(11-34)37-15-3-5-20(24)29-9-15/h2-9,16H,10-12H2,1H3. The molecule has 4 aromatic rings. The molecule has 0 bridgehead atoms. The van der Waals surface area contributed by atoms with E-state index in [2.05, 4.69) is 20.4 Å². The van der Waals surface area contributed by atoms with Crippen LogP contribution in [0.2, 0.25) is 5.15 Å². The van der Waals surface area contributed by atoms with Crippen molar-refractivity contribution in [3.8, 4) is 17.0 Å². The third-order valence-electron chi connectivity index (χ3n) is 5.87. The average molecular weight is 536 g/mol. The Hall–Kier alpha value is -4.00. The Morgan fingerprint density at radius 2 is 1.92 bits per heavy atom. The quantitative estimate of drug-likeness (QED) is 0.275. The van der Waals surface area contributed by atoms with Gasteiger partial charge in [0, 0.05) is 18.7 Å². The number of hydrogen-bond acceptors (Lipinski definition) is 7. The zero-order valence-electron chi connectivity index (χ0n) is 19.2. The predicted molar refractivity (Wildman–Crippen MR) is 125 cm³/mol. The Morgan fingerprint density at radius 1 is 1.14 bits per heavy atom. The Kier molecular flexibility index (Phi) is 6.31. The predicted octanol–water partition coefficient (Wildman–Crippen LogP) is 3.56. The maximum absolute atomic E-state index is 14.6. The largest absolute Gasteiger partial charge is 0.485 e. The van der Waals surface area contributed by atoms with Gasteiger partial charge in [0.15, 0.2) is 0 Å². The Morgan fingerprint density at radius 3 is 2.57 bits per heavy atom. The summed E-state index contributed by atoms with van der Waals surface area (Å²) < 4.78 is 61.5. The molecule has 0 amide bonds. The summed E-state index contributed by atoms with van der Waals surface area (Å²) in [5.74, 6) is -0.510. The molecule has 3 aromatic heterocycles. The molecule has 5 rings (SSSR count). The van der Waals surface area contributed by atoms with E-state index in [1.54, 1.807) is 12.1 Å². The van der Waals surface area contributed by atoms with Gasteiger partial charge in [-0.05, 0) is 30.3 Å². The molecule has 1 aliphatic rings. The maximum atomic E-state index is 14.6. The third-order valence-corrected chi connectivity index (χ3v) is 6.09. The van der Waals surface area contributed by atoms with E-state index in [9.17, 15) is 22.4 Å². The molecule has 0 atom stereocenters. The second-order valence-electron chi connectivity index (χ2n) is 8.37. The number of rotatable bonds is 6. The monoisotopic (exact) mass is 535 g/mol. The second kappa shape index (κ2) is 9.47. The summed E-state index contributed by atoms with van der Waals surface area (Å²) >= 11 is 5.77. The van der Waals surface area contributed by atoms with E-state index in [-0.39, 0.29) is 23.9 Å². The normalized spacial score (nSPS) is 14.1. The fraction of sp³-hybridized carbons (Fsp3) is 0.261. The lowest BCUT2D eigenvalue weighted by atomic mass is 10.1. The summed E-state index contributed by atoms with van der Waals surface area (Å²) in [7, 11) is 1.53. The third kappa shape index (κ3) is 5.12. The van der Waals surface area contributed by atoms with E-state index in [0.717, 1.165) is 16.8 Å². The van der Waals surface area contributed by atoms with Gasteiger partial charge >= 0.3 is 6.18 Å². The molecule has 0 radical (unpaired) electrons. The van der Waals surface area contributed by atoms with Crippen molar-refractivity contribution in [3.63, 3.8) is 0 Å². The Balaban J connectivity index is 1.30. The molecular weight excluding hydrogens is 518 g/mol. The first-order chi connectivity index (χ1) is 17.6. The molecule has 9 nitrogen and oxygen atoms in total. The van der Waals surface area contributed by atoms with Crippen molar-refractivity contribution < 1.29 is 22.3 Å². The van der Waals surface area contributed by atoms with Gasteiger partial charge in [-0.3, -0.25) is 4.79 Å². The van der Waals surface area contributed by atoms with Crippen LogP contribution in [0.1, 0.15) is 11.3 Å². The SMILES string of the molecule is Cn1nnc(-c2ccc(C(F)(F)F)cc2F)c1Cn1ncc(N2CC(Oc3ccc(Cl)nc3)C2)cc1=O. The van der Waals surface area contributed by atoms with Crippen LogP contribution in [-0.2, 0) is 19.8 Å². The van der Waals surface area contributed by atoms with Gasteiger partial charge in [0.05, 0.1) is 49.0 Å². The zero-order chi connectivity index (χ0) is 26.3. The Labute approximate surface area is 211 Å². The summed E-state index contributed by atoms with van der Waals surface area (Å²) in [4.78, 5) is 18.7. The van der Waals surface area contributed by atoms with Gasteiger partial charge in [-0.1, -0.05) is 16.8 Å². The molecule has 0 aliphatic carbocycles. The molecule has 37 heavy (non-hydrogen) atoms. The van der Waals surface area contributed by atoms with Crippen molar-refractivity contribution in [2.45, 2.75) is 18.8 Å². The summed E-state index contributed by atoms with van der Waals surface area (Å²) in [6.07, 6.45) is -1.72. The highest BCUT2D eigenvalue weighted by Crippen LogP contribution is 2.33. The number of alkyl halides is 3. The van der Waals surface area contributed by atoms with Crippen LogP contribution in [0, 0.1) is 5.82 Å². The molecule has 0 unspecified atom stereocenters. The van der Waals surface area contributed by atoms with E-state index in [4.69, 9.17) is 16.3 Å². The molecule has 0 saturated carbocycles. The van der Waals surface area contributed by atoms with Gasteiger partial charge < -0.3 is 9.64 Å². The minimum absolute atomic E-state index is 0.0194. The number of hydrogen-bond donors (Lipinski definition) is 0. The molecule has 4 heterocycles. The molecule has 0 N–H and O–H groups in total. The number of aromatic nitrogens is 6. The molecule has 1 fully saturated rings. The average Bonchev–Trinajstić information content (AvgIpc) is 3.17. The van der Waals surface area contributed by atoms with Crippen LogP contribution in [-0.4, -0.2) is 49.0 Å². The smallest absolute Gasteiger partial charge is 0.416 e. The van der Waals surface area contributed by atoms with E-state index >= 15 is 0 Å². The highest BCUT2D eigenvalue weighted by Gasteiger charge is 2.32. The highest BCUT2D eigenvalue weighted by atomic mass is 35.5. The van der Waals surface area contributed by atoms with Crippen molar-refractivity contribution in [1.29, 1.82) is 0 Å². The number of benzene rings is 1. The van der Waals surface area contributed by atoms with Crippen molar-refractivity contribution in [3.05, 3.63) is 81.4 Å². The Bertz CT molecular complexity index is 1500. The maximum Gasteiger partial charge on any atom is 0.416 e. The van der Waals surface area contributed by atoms with Crippen LogP contribution in [0.15, 0.2) is 53.6 Å². The molecular formula is C23H18ClF4N7O2. The molecule has 0 spiro atoms. The number of aryl methyl sites for hydroxylation is 1. The van der Waals surface area contributed by atoms with Gasteiger partial charge in [-0.2, -0.15) is 18.3 Å². The lowest BCUT2D eigenvalue weighted by Crippen LogP contribution is -2.54. The first-order valence-corrected chi connectivity index (χ1v) is 11.3. The first-order valence-electron chi connectivity index (χ1n) is 10.9. The summed E-state index contributed by atoms with van der Waals surface area (Å²) in [6.45, 7) is 0.960. The van der Waals surface area contributed by atoms with E-state index < -0.39 is 23.1 Å². The minimum Gasteiger partial charge on any atom is -0.485 e. The van der Waals surface area contributed by atoms with Gasteiger partial charge in [0.25, 0.3) is 5.56 Å². The number of nitrogens with zero attached hydrogens (tertiary/aromatic N) is 7. The van der Waals surface area contributed by atoms with Gasteiger partial charge in [0.1, 0.15) is 28.5 Å². The van der Waals surface area contributed by atoms with E-state index in [1.165, 1.54) is 30.2 Å². The van der Waals surface area contributed by atoms with Crippen molar-refractivity contribution in [1.82, 2.24) is 29.8 Å². The van der Waals surface area contributed by atoms with Crippen molar-refractivity contribution in [2.24, 2.45) is 7.05 Å². The van der Waals surface area contributed by atoms with Crippen LogP contribution in [0.5, 0.6) is 5.75 Å². The van der Waals surface area contributed by atoms with Gasteiger partial charge in [-0.25, -0.2) is 18.7 Å². The van der Waals surface area contributed by atoms with Crippen LogP contribution in [0.4, 0.5) is 23.2 Å². The van der Waals surface area contributed by atoms with Crippen LogP contribution < -0.4 is 15.2 Å². The zero-order valence-corrected chi connectivity index (χ0v) is 19.9. The van der Waals surface area contributed by atoms with Crippen molar-refractivity contribution in [2.75, 3.05) is 18.0 Å². The van der Waals surface area contributed by atoms with Gasteiger partial charge in [-0.15, -0.1) is 5.10 Å². The summed E-state index contributed by atoms with van der Waals surface area (Å²) in [5, 5.41) is 12.3.